The molecule has 0 radical (unpaired) electrons. The van der Waals surface area contributed by atoms with Gasteiger partial charge in [-0.15, -0.1) is 0 Å². The summed E-state index contributed by atoms with van der Waals surface area (Å²) in [5, 5.41) is 2.58. The first-order chi connectivity index (χ1) is 12.9. The molecule has 1 aliphatic heterocycles. The second kappa shape index (κ2) is 6.84. The largest absolute Gasteiger partial charge is 0.347 e. The third-order valence-corrected chi connectivity index (χ3v) is 6.61. The maximum Gasteiger partial charge on any atom is 0.267 e. The van der Waals surface area contributed by atoms with Crippen LogP contribution in [0.5, 0.6) is 0 Å². The van der Waals surface area contributed by atoms with Gasteiger partial charge in [0.2, 0.25) is 11.8 Å². The molecule has 27 heavy (non-hydrogen) atoms. The summed E-state index contributed by atoms with van der Waals surface area (Å²) in [6.45, 7) is 1.16. The van der Waals surface area contributed by atoms with E-state index in [1.807, 2.05) is 23.1 Å². The van der Waals surface area contributed by atoms with E-state index in [-0.39, 0.29) is 36.0 Å². The number of aromatic nitrogens is 1. The summed E-state index contributed by atoms with van der Waals surface area (Å²) in [6, 6.07) is 4.47. The van der Waals surface area contributed by atoms with Gasteiger partial charge in [0, 0.05) is 42.7 Å². The van der Waals surface area contributed by atoms with Crippen molar-refractivity contribution in [3.8, 4) is 0 Å². The van der Waals surface area contributed by atoms with E-state index >= 15 is 0 Å². The van der Waals surface area contributed by atoms with Crippen molar-refractivity contribution in [2.45, 2.75) is 56.9 Å². The van der Waals surface area contributed by atoms with E-state index < -0.39 is 12.0 Å². The maximum atomic E-state index is 13.5. The fourth-order valence-corrected chi connectivity index (χ4v) is 4.87. The topological polar surface area (TPSA) is 62.3 Å². The minimum atomic E-state index is -2.78. The van der Waals surface area contributed by atoms with Crippen molar-refractivity contribution >= 4 is 11.8 Å². The van der Waals surface area contributed by atoms with Gasteiger partial charge in [0.1, 0.15) is 0 Å². The SMILES string of the molecule is O=C(NC1CCC1(F)F)C1CCCC12CCN(C(=O)Cc1ccccn1)C2. The van der Waals surface area contributed by atoms with Gasteiger partial charge in [-0.05, 0) is 37.8 Å². The Balaban J connectivity index is 1.39. The minimum Gasteiger partial charge on any atom is -0.347 e. The van der Waals surface area contributed by atoms with Gasteiger partial charge in [0.05, 0.1) is 12.5 Å². The van der Waals surface area contributed by atoms with Crippen LogP contribution in [-0.4, -0.2) is 46.8 Å². The van der Waals surface area contributed by atoms with Gasteiger partial charge in [-0.2, -0.15) is 0 Å². The van der Waals surface area contributed by atoms with Crippen LogP contribution < -0.4 is 5.32 Å². The summed E-state index contributed by atoms with van der Waals surface area (Å²) in [6.07, 6.45) is 5.37. The van der Waals surface area contributed by atoms with Gasteiger partial charge < -0.3 is 10.2 Å². The number of nitrogens with one attached hydrogen (secondary N) is 1. The lowest BCUT2D eigenvalue weighted by Crippen LogP contribution is -2.57. The van der Waals surface area contributed by atoms with Crippen LogP contribution in [0.2, 0.25) is 0 Å². The van der Waals surface area contributed by atoms with E-state index in [9.17, 15) is 18.4 Å². The molecule has 1 saturated heterocycles. The minimum absolute atomic E-state index is 0.0159. The first-order valence-corrected chi connectivity index (χ1v) is 9.76. The number of halogens is 2. The highest BCUT2D eigenvalue weighted by atomic mass is 19.3. The zero-order valence-corrected chi connectivity index (χ0v) is 15.3. The van der Waals surface area contributed by atoms with Crippen molar-refractivity contribution in [1.29, 1.82) is 0 Å². The molecule has 3 fully saturated rings. The van der Waals surface area contributed by atoms with Crippen LogP contribution in [0.3, 0.4) is 0 Å². The van der Waals surface area contributed by atoms with E-state index in [4.69, 9.17) is 0 Å². The highest BCUT2D eigenvalue weighted by Gasteiger charge is 2.54. The second-order valence-corrected chi connectivity index (χ2v) is 8.23. The molecule has 1 spiro atoms. The van der Waals surface area contributed by atoms with Crippen LogP contribution in [0.1, 0.15) is 44.2 Å². The first kappa shape index (κ1) is 18.3. The lowest BCUT2D eigenvalue weighted by Gasteiger charge is -2.39. The van der Waals surface area contributed by atoms with Crippen LogP contribution in [-0.2, 0) is 16.0 Å². The second-order valence-electron chi connectivity index (χ2n) is 8.23. The van der Waals surface area contributed by atoms with E-state index in [1.165, 1.54) is 0 Å². The molecule has 5 nitrogen and oxygen atoms in total. The third kappa shape index (κ3) is 3.44. The third-order valence-electron chi connectivity index (χ3n) is 6.61. The zero-order valence-electron chi connectivity index (χ0n) is 15.3. The standard InChI is InChI=1S/C20H25F2N3O2/c21-20(22)8-6-16(20)24-18(27)15-5-3-7-19(15)9-11-25(13-19)17(26)12-14-4-1-2-10-23-14/h1-2,4,10,15-16H,3,5-9,11-13H2,(H,24,27). The molecule has 2 saturated carbocycles. The number of hydrogen-bond donors (Lipinski definition) is 1. The molecule has 4 rings (SSSR count). The number of likely N-dealkylation sites (tertiary alicyclic amines) is 1. The Hall–Kier alpha value is -2.05. The smallest absolute Gasteiger partial charge is 0.267 e. The van der Waals surface area contributed by atoms with E-state index in [0.29, 0.717) is 25.9 Å². The normalized spacial score (nSPS) is 31.7. The molecule has 2 amide bonds. The van der Waals surface area contributed by atoms with Crippen molar-refractivity contribution in [1.82, 2.24) is 15.2 Å². The maximum absolute atomic E-state index is 13.5. The summed E-state index contributed by atoms with van der Waals surface area (Å²) in [4.78, 5) is 31.4. The Morgan fingerprint density at radius 1 is 1.22 bits per heavy atom. The quantitative estimate of drug-likeness (QED) is 0.877. The molecule has 2 heterocycles. The number of amides is 2. The highest BCUT2D eigenvalue weighted by Crippen LogP contribution is 2.50. The van der Waals surface area contributed by atoms with Crippen LogP contribution in [0.25, 0.3) is 0 Å². The Kier molecular flexibility index (Phi) is 4.64. The molecule has 146 valence electrons. The lowest BCUT2D eigenvalue weighted by molar-refractivity contribution is -0.142. The van der Waals surface area contributed by atoms with Gasteiger partial charge in [0.25, 0.3) is 5.92 Å². The number of nitrogens with zero attached hydrogens (tertiary/aromatic N) is 2. The Morgan fingerprint density at radius 3 is 2.74 bits per heavy atom. The molecule has 1 aromatic rings. The van der Waals surface area contributed by atoms with Crippen LogP contribution in [0.15, 0.2) is 24.4 Å². The van der Waals surface area contributed by atoms with Gasteiger partial charge >= 0.3 is 0 Å². The fourth-order valence-electron chi connectivity index (χ4n) is 4.87. The van der Waals surface area contributed by atoms with E-state index in [2.05, 4.69) is 10.3 Å². The predicted octanol–water partition coefficient (Wildman–Crippen LogP) is 2.56. The molecule has 1 aromatic heterocycles. The van der Waals surface area contributed by atoms with Crippen molar-refractivity contribution in [3.05, 3.63) is 30.1 Å². The molecule has 3 unspecified atom stereocenters. The molecular weight excluding hydrogens is 352 g/mol. The number of hydrogen-bond acceptors (Lipinski definition) is 3. The molecule has 0 bridgehead atoms. The molecule has 7 heteroatoms. The summed E-state index contributed by atoms with van der Waals surface area (Å²) >= 11 is 0. The number of alkyl halides is 2. The van der Waals surface area contributed by atoms with Crippen LogP contribution >= 0.6 is 0 Å². The summed E-state index contributed by atoms with van der Waals surface area (Å²) in [7, 11) is 0. The number of carbonyl (C=O) groups is 2. The highest BCUT2D eigenvalue weighted by molar-refractivity contribution is 5.82. The lowest BCUT2D eigenvalue weighted by atomic mass is 9.76. The zero-order chi connectivity index (χ0) is 19.1. The van der Waals surface area contributed by atoms with E-state index in [0.717, 1.165) is 25.0 Å². The van der Waals surface area contributed by atoms with Gasteiger partial charge in [-0.25, -0.2) is 8.78 Å². The van der Waals surface area contributed by atoms with Gasteiger partial charge in [0.15, 0.2) is 0 Å². The number of rotatable bonds is 4. The van der Waals surface area contributed by atoms with E-state index in [1.54, 1.807) is 6.20 Å². The van der Waals surface area contributed by atoms with Crippen molar-refractivity contribution < 1.29 is 18.4 Å². The molecule has 1 N–H and O–H groups in total. The monoisotopic (exact) mass is 377 g/mol. The average Bonchev–Trinajstić information content (AvgIpc) is 3.27. The first-order valence-electron chi connectivity index (χ1n) is 9.76. The molecule has 0 aromatic carbocycles. The fraction of sp³-hybridized carbons (Fsp3) is 0.650. The van der Waals surface area contributed by atoms with Crippen LogP contribution in [0, 0.1) is 11.3 Å². The summed E-state index contributed by atoms with van der Waals surface area (Å²) < 4.78 is 27.0. The summed E-state index contributed by atoms with van der Waals surface area (Å²) in [5.41, 5.74) is 0.472. The molecule has 2 aliphatic carbocycles. The molecule has 3 aliphatic rings. The Bertz CT molecular complexity index is 727. The van der Waals surface area contributed by atoms with Crippen LogP contribution in [0.4, 0.5) is 8.78 Å². The Labute approximate surface area is 157 Å². The van der Waals surface area contributed by atoms with Crippen molar-refractivity contribution in [2.75, 3.05) is 13.1 Å². The van der Waals surface area contributed by atoms with Gasteiger partial charge in [-0.3, -0.25) is 14.6 Å². The predicted molar refractivity (Wildman–Crippen MR) is 95.0 cm³/mol. The van der Waals surface area contributed by atoms with Crippen molar-refractivity contribution in [2.24, 2.45) is 11.3 Å². The van der Waals surface area contributed by atoms with Gasteiger partial charge in [-0.1, -0.05) is 12.5 Å². The molecule has 3 atom stereocenters. The molecular formula is C20H25F2N3O2. The summed E-state index contributed by atoms with van der Waals surface area (Å²) in [5.74, 6) is -3.29. The number of pyridine rings is 1. The Morgan fingerprint density at radius 2 is 2.07 bits per heavy atom. The average molecular weight is 377 g/mol. The van der Waals surface area contributed by atoms with Crippen molar-refractivity contribution in [3.63, 3.8) is 0 Å². The number of carbonyl (C=O) groups excluding carboxylic acids is 2.